The Bertz CT molecular complexity index is 2640. The molecule has 6 aromatic rings. The van der Waals surface area contributed by atoms with Crippen molar-refractivity contribution in [2.24, 2.45) is 0 Å². The highest BCUT2D eigenvalue weighted by molar-refractivity contribution is 5.61. The molecule has 0 atom stereocenters. The molecular weight excluding hydrogens is 925 g/mol. The van der Waals surface area contributed by atoms with Crippen molar-refractivity contribution in [2.75, 3.05) is 21.3 Å². The fourth-order valence-corrected chi connectivity index (χ4v) is 10.8. The number of rotatable bonds is 3. The maximum atomic E-state index is 12.7. The van der Waals surface area contributed by atoms with Crippen LogP contribution in [-0.2, 0) is 71.0 Å². The number of methoxy groups -OCH3 is 3. The first-order valence-electron chi connectivity index (χ1n) is 27.2. The van der Waals surface area contributed by atoms with Gasteiger partial charge in [0.15, 0.2) is 0 Å². The van der Waals surface area contributed by atoms with E-state index in [4.69, 9.17) is 14.2 Å². The molecule has 12 bridgehead atoms. The van der Waals surface area contributed by atoms with Gasteiger partial charge >= 0.3 is 0 Å². The summed E-state index contributed by atoms with van der Waals surface area (Å²) in [6.07, 6.45) is 2.53. The summed E-state index contributed by atoms with van der Waals surface area (Å²) in [4.78, 5) is 0. The van der Waals surface area contributed by atoms with Gasteiger partial charge in [0.25, 0.3) is 0 Å². The Labute approximate surface area is 451 Å². The van der Waals surface area contributed by atoms with E-state index in [1.807, 2.05) is 0 Å². The van der Waals surface area contributed by atoms with Crippen molar-refractivity contribution in [3.8, 4) is 34.5 Å². The Morgan fingerprint density at radius 2 is 0.360 bits per heavy atom. The number of benzene rings is 6. The third-order valence-corrected chi connectivity index (χ3v) is 15.6. The first-order chi connectivity index (χ1) is 34.5. The van der Waals surface area contributed by atoms with Crippen molar-refractivity contribution in [2.45, 2.75) is 196 Å². The summed E-state index contributed by atoms with van der Waals surface area (Å²) in [5.41, 5.74) is 16.1. The van der Waals surface area contributed by atoms with E-state index in [-0.39, 0.29) is 49.7 Å². The van der Waals surface area contributed by atoms with Crippen LogP contribution in [0.1, 0.15) is 225 Å². The second-order valence-electron chi connectivity index (χ2n) is 28.0. The normalized spacial score (nSPS) is 14.0. The Balaban J connectivity index is 1.62. The number of aromatic hydroxyl groups is 3. The van der Waals surface area contributed by atoms with Gasteiger partial charge in [-0.15, -0.1) is 0 Å². The van der Waals surface area contributed by atoms with Gasteiger partial charge in [0.05, 0.1) is 21.3 Å². The molecule has 1 aliphatic rings. The lowest BCUT2D eigenvalue weighted by Gasteiger charge is -2.27. The van der Waals surface area contributed by atoms with E-state index in [1.54, 1.807) is 21.3 Å². The minimum atomic E-state index is -0.232. The summed E-state index contributed by atoms with van der Waals surface area (Å²) in [7, 11) is 5.21. The van der Waals surface area contributed by atoms with E-state index in [9.17, 15) is 15.3 Å². The van der Waals surface area contributed by atoms with Crippen LogP contribution in [0.4, 0.5) is 0 Å². The molecule has 0 aliphatic heterocycles. The van der Waals surface area contributed by atoms with Crippen molar-refractivity contribution < 1.29 is 29.5 Å². The van der Waals surface area contributed by atoms with Crippen LogP contribution in [0.25, 0.3) is 0 Å². The number of hydrogen-bond acceptors (Lipinski definition) is 6. The molecule has 0 saturated heterocycles. The lowest BCUT2D eigenvalue weighted by atomic mass is 9.79. The highest BCUT2D eigenvalue weighted by Gasteiger charge is 2.30. The molecule has 0 fully saturated rings. The van der Waals surface area contributed by atoms with E-state index in [1.165, 1.54) is 0 Å². The molecule has 6 nitrogen and oxygen atoms in total. The Kier molecular flexibility index (Phi) is 15.3. The fourth-order valence-electron chi connectivity index (χ4n) is 10.8. The number of phenols is 3. The van der Waals surface area contributed by atoms with Crippen molar-refractivity contribution >= 4 is 0 Å². The molecule has 6 heteroatoms. The predicted molar refractivity (Wildman–Crippen MR) is 312 cm³/mol. The average molecular weight is 1020 g/mol. The number of ether oxygens (including phenoxy) is 3. The molecular formula is C69H90O6. The van der Waals surface area contributed by atoms with Crippen LogP contribution in [-0.4, -0.2) is 36.6 Å². The maximum absolute atomic E-state index is 12.7. The van der Waals surface area contributed by atoms with E-state index in [0.29, 0.717) is 38.5 Å². The Morgan fingerprint density at radius 1 is 0.240 bits per heavy atom. The quantitative estimate of drug-likeness (QED) is 0.163. The van der Waals surface area contributed by atoms with E-state index in [0.717, 1.165) is 117 Å². The van der Waals surface area contributed by atoms with Crippen LogP contribution < -0.4 is 14.2 Å². The van der Waals surface area contributed by atoms with E-state index < -0.39 is 0 Å². The first-order valence-corrected chi connectivity index (χ1v) is 27.2. The monoisotopic (exact) mass is 1010 g/mol. The molecule has 0 saturated carbocycles. The largest absolute Gasteiger partial charge is 0.507 e. The van der Waals surface area contributed by atoms with Gasteiger partial charge in [-0.05, 0) is 133 Å². The molecule has 0 unspecified atom stereocenters. The Hall–Kier alpha value is -5.88. The average Bonchev–Trinajstić information content (AvgIpc) is 3.27. The Morgan fingerprint density at radius 3 is 0.467 bits per heavy atom. The number of phenolic OH excluding ortho intramolecular Hbond substituents is 3. The van der Waals surface area contributed by atoms with Crippen molar-refractivity contribution in [1.82, 2.24) is 0 Å². The van der Waals surface area contributed by atoms with Crippen LogP contribution in [0, 0.1) is 0 Å². The smallest absolute Gasteiger partial charge is 0.125 e. The van der Waals surface area contributed by atoms with Gasteiger partial charge in [-0.1, -0.05) is 197 Å². The molecule has 7 rings (SSSR count). The predicted octanol–water partition coefficient (Wildman–Crippen LogP) is 16.5. The van der Waals surface area contributed by atoms with E-state index >= 15 is 0 Å². The molecule has 75 heavy (non-hydrogen) atoms. The second kappa shape index (κ2) is 20.2. The topological polar surface area (TPSA) is 88.4 Å². The summed E-state index contributed by atoms with van der Waals surface area (Å²) >= 11 is 0. The standard InChI is InChI=1S/C69H90O6/c1-64(2,3)52-28-40-22-46-34-55(67(10,11)12)36-48(61(46)73-19)24-42-30-53(65(4,5)6)32-44(59(42)71)26-50-38-57(69(16,17)18)39-51(63(50)75-21)27-45-33-54(66(7,8)9)31-43(60(45)72)25-49-37-56(68(13,14)15)35-47(62(49)74-20)23-41(29-52)58(40)70/h28-39,70-72H,22-27H2,1-21H3. The summed E-state index contributed by atoms with van der Waals surface area (Å²) in [6, 6.07) is 26.5. The zero-order valence-corrected chi connectivity index (χ0v) is 49.7. The zero-order chi connectivity index (χ0) is 55.7. The molecule has 0 spiro atoms. The third kappa shape index (κ3) is 12.2. The fraction of sp³-hybridized carbons (Fsp3) is 0.478. The molecule has 3 N–H and O–H groups in total. The molecule has 0 heterocycles. The van der Waals surface area contributed by atoms with Gasteiger partial charge < -0.3 is 29.5 Å². The lowest BCUT2D eigenvalue weighted by Crippen LogP contribution is -2.16. The van der Waals surface area contributed by atoms with Crippen molar-refractivity contribution in [3.63, 3.8) is 0 Å². The van der Waals surface area contributed by atoms with Gasteiger partial charge in [0, 0.05) is 38.5 Å². The zero-order valence-electron chi connectivity index (χ0n) is 49.7. The van der Waals surface area contributed by atoms with Gasteiger partial charge in [0.1, 0.15) is 34.5 Å². The van der Waals surface area contributed by atoms with Crippen molar-refractivity contribution in [3.05, 3.63) is 173 Å². The molecule has 0 aromatic heterocycles. The van der Waals surface area contributed by atoms with Crippen molar-refractivity contribution in [1.29, 1.82) is 0 Å². The number of fused-ring (bicyclic) bond motifs is 12. The van der Waals surface area contributed by atoms with Gasteiger partial charge in [0.2, 0.25) is 0 Å². The summed E-state index contributed by atoms with van der Waals surface area (Å²) in [5.74, 6) is 2.99. The minimum absolute atomic E-state index is 0.219. The summed E-state index contributed by atoms with van der Waals surface area (Å²) in [5, 5.41) is 38.2. The van der Waals surface area contributed by atoms with Crippen LogP contribution >= 0.6 is 0 Å². The van der Waals surface area contributed by atoms with Crippen LogP contribution in [0.2, 0.25) is 0 Å². The van der Waals surface area contributed by atoms with Crippen LogP contribution in [0.15, 0.2) is 72.8 Å². The van der Waals surface area contributed by atoms with Crippen LogP contribution in [0.3, 0.4) is 0 Å². The first kappa shape index (κ1) is 56.8. The SMILES string of the molecule is COc1c2cc(C(C)(C)C)cc1Cc1cc(C(C)(C)C)cc(c1O)Cc1cc(C(C)(C)C)cc(c1OC)Cc1cc(C(C)(C)C)cc(c1O)Cc1cc(C(C)(C)C)cc(c1OC)Cc1cc(C(C)(C)C)cc(c1O)C2. The minimum Gasteiger partial charge on any atom is -0.507 e. The summed E-state index contributed by atoms with van der Waals surface area (Å²) in [6.45, 7) is 40.1. The second-order valence-corrected chi connectivity index (χ2v) is 28.0. The van der Waals surface area contributed by atoms with E-state index in [2.05, 4.69) is 197 Å². The van der Waals surface area contributed by atoms with Gasteiger partial charge in [-0.3, -0.25) is 0 Å². The molecule has 1 aliphatic carbocycles. The molecule has 0 radical (unpaired) electrons. The maximum Gasteiger partial charge on any atom is 0.125 e. The van der Waals surface area contributed by atoms with Gasteiger partial charge in [-0.2, -0.15) is 0 Å². The molecule has 6 aromatic carbocycles. The molecule has 402 valence electrons. The highest BCUT2D eigenvalue weighted by Crippen LogP contribution is 2.45. The highest BCUT2D eigenvalue weighted by atomic mass is 16.5. The third-order valence-electron chi connectivity index (χ3n) is 15.6. The lowest BCUT2D eigenvalue weighted by molar-refractivity contribution is 0.403. The van der Waals surface area contributed by atoms with Gasteiger partial charge in [-0.25, -0.2) is 0 Å². The molecule has 0 amide bonds. The number of hydrogen-bond donors (Lipinski definition) is 3. The summed E-state index contributed by atoms with van der Waals surface area (Å²) < 4.78 is 19.4. The van der Waals surface area contributed by atoms with Crippen LogP contribution in [0.5, 0.6) is 34.5 Å².